The lowest BCUT2D eigenvalue weighted by molar-refractivity contribution is -0.130. The van der Waals surface area contributed by atoms with Crippen LogP contribution in [-0.4, -0.2) is 78.0 Å². The maximum Gasteiger partial charge on any atom is 0.320 e. The van der Waals surface area contributed by atoms with E-state index in [9.17, 15) is 9.59 Å². The van der Waals surface area contributed by atoms with Crippen molar-refractivity contribution in [2.24, 2.45) is 0 Å². The van der Waals surface area contributed by atoms with Gasteiger partial charge in [-0.15, -0.1) is 0 Å². The van der Waals surface area contributed by atoms with Crippen molar-refractivity contribution in [2.75, 3.05) is 39.3 Å². The molecule has 1 atom stereocenters. The van der Waals surface area contributed by atoms with Crippen molar-refractivity contribution in [3.63, 3.8) is 0 Å². The van der Waals surface area contributed by atoms with E-state index in [1.165, 1.54) is 0 Å². The Hall–Kier alpha value is -1.81. The molecule has 2 rings (SSSR count). The van der Waals surface area contributed by atoms with E-state index in [2.05, 4.69) is 11.4 Å². The standard InChI is InChI=1S/C15H25N5O2/c1-12(2)19-9-8-18(15(19)22)7-5-17-11-14(21)20-6-3-4-13(20)10-16/h12-13,17H,3-9,11H2,1-2H3/t13-/m1/s1. The van der Waals surface area contributed by atoms with Gasteiger partial charge in [0.2, 0.25) is 5.91 Å². The molecule has 0 aliphatic carbocycles. The number of carbonyl (C=O) groups is 2. The van der Waals surface area contributed by atoms with Crippen molar-refractivity contribution >= 4 is 11.9 Å². The number of hydrogen-bond acceptors (Lipinski definition) is 4. The minimum atomic E-state index is -0.269. The summed E-state index contributed by atoms with van der Waals surface area (Å²) in [5.74, 6) is -0.0272. The van der Waals surface area contributed by atoms with Crippen molar-refractivity contribution < 1.29 is 9.59 Å². The average Bonchev–Trinajstić information content (AvgIpc) is 3.10. The molecule has 2 aliphatic heterocycles. The van der Waals surface area contributed by atoms with Crippen molar-refractivity contribution in [3.8, 4) is 6.07 Å². The number of rotatable bonds is 6. The van der Waals surface area contributed by atoms with Crippen LogP contribution in [0.25, 0.3) is 0 Å². The predicted octanol–water partition coefficient (Wildman–Crippen LogP) is 0.237. The van der Waals surface area contributed by atoms with Crippen LogP contribution in [0.3, 0.4) is 0 Å². The summed E-state index contributed by atoms with van der Waals surface area (Å²) in [4.78, 5) is 29.4. The average molecular weight is 307 g/mol. The zero-order valence-corrected chi connectivity index (χ0v) is 13.4. The molecule has 2 saturated heterocycles. The van der Waals surface area contributed by atoms with Crippen molar-refractivity contribution in [2.45, 2.75) is 38.8 Å². The first-order valence-electron chi connectivity index (χ1n) is 8.00. The number of carbonyl (C=O) groups excluding carboxylic acids is 2. The molecule has 0 saturated carbocycles. The molecule has 2 heterocycles. The molecule has 2 fully saturated rings. The summed E-state index contributed by atoms with van der Waals surface area (Å²) in [5, 5.41) is 12.1. The molecule has 3 amide bonds. The van der Waals surface area contributed by atoms with Crippen LogP contribution in [0.2, 0.25) is 0 Å². The fourth-order valence-electron chi connectivity index (χ4n) is 3.00. The Bertz CT molecular complexity index is 459. The smallest absolute Gasteiger partial charge is 0.320 e. The summed E-state index contributed by atoms with van der Waals surface area (Å²) in [6.45, 7) is 7.65. The van der Waals surface area contributed by atoms with Crippen LogP contribution in [0.4, 0.5) is 4.79 Å². The van der Waals surface area contributed by atoms with Gasteiger partial charge in [0, 0.05) is 38.8 Å². The number of urea groups is 1. The Morgan fingerprint density at radius 3 is 2.82 bits per heavy atom. The molecule has 0 bridgehead atoms. The van der Waals surface area contributed by atoms with Gasteiger partial charge in [-0.1, -0.05) is 0 Å². The van der Waals surface area contributed by atoms with Crippen LogP contribution in [0.15, 0.2) is 0 Å². The highest BCUT2D eigenvalue weighted by Crippen LogP contribution is 2.16. The minimum Gasteiger partial charge on any atom is -0.326 e. The molecule has 7 heteroatoms. The van der Waals surface area contributed by atoms with E-state index < -0.39 is 0 Å². The van der Waals surface area contributed by atoms with E-state index in [4.69, 9.17) is 5.26 Å². The van der Waals surface area contributed by atoms with Gasteiger partial charge in [-0.05, 0) is 26.7 Å². The highest BCUT2D eigenvalue weighted by Gasteiger charge is 2.30. The Balaban J connectivity index is 1.67. The van der Waals surface area contributed by atoms with Gasteiger partial charge in [-0.25, -0.2) is 4.79 Å². The third kappa shape index (κ3) is 3.69. The van der Waals surface area contributed by atoms with Crippen molar-refractivity contribution in [3.05, 3.63) is 0 Å². The van der Waals surface area contributed by atoms with Gasteiger partial charge in [0.25, 0.3) is 0 Å². The van der Waals surface area contributed by atoms with E-state index in [0.29, 0.717) is 19.6 Å². The summed E-state index contributed by atoms with van der Waals surface area (Å²) >= 11 is 0. The third-order valence-corrected chi connectivity index (χ3v) is 4.31. The van der Waals surface area contributed by atoms with Gasteiger partial charge < -0.3 is 20.0 Å². The molecule has 0 unspecified atom stereocenters. The van der Waals surface area contributed by atoms with Gasteiger partial charge in [-0.2, -0.15) is 5.26 Å². The second-order valence-corrected chi connectivity index (χ2v) is 6.11. The summed E-state index contributed by atoms with van der Waals surface area (Å²) in [6.07, 6.45) is 1.67. The summed E-state index contributed by atoms with van der Waals surface area (Å²) in [5.41, 5.74) is 0. The van der Waals surface area contributed by atoms with Gasteiger partial charge in [0.05, 0.1) is 12.6 Å². The quantitative estimate of drug-likeness (QED) is 0.713. The fraction of sp³-hybridized carbons (Fsp3) is 0.800. The zero-order chi connectivity index (χ0) is 16.1. The maximum absolute atomic E-state index is 12.1. The van der Waals surface area contributed by atoms with Gasteiger partial charge >= 0.3 is 6.03 Å². The van der Waals surface area contributed by atoms with Crippen LogP contribution in [0.1, 0.15) is 26.7 Å². The van der Waals surface area contributed by atoms with Crippen LogP contribution in [0.5, 0.6) is 0 Å². The van der Waals surface area contributed by atoms with Crippen LogP contribution < -0.4 is 5.32 Å². The Kier molecular flexibility index (Phi) is 5.61. The Labute approximate surface area is 131 Å². The lowest BCUT2D eigenvalue weighted by Gasteiger charge is -2.22. The molecule has 0 aromatic heterocycles. The first-order chi connectivity index (χ1) is 10.5. The van der Waals surface area contributed by atoms with Crippen LogP contribution in [-0.2, 0) is 4.79 Å². The number of hydrogen-bond donors (Lipinski definition) is 1. The molecule has 22 heavy (non-hydrogen) atoms. The fourth-order valence-corrected chi connectivity index (χ4v) is 3.00. The first kappa shape index (κ1) is 16.6. The Morgan fingerprint density at radius 1 is 1.41 bits per heavy atom. The van der Waals surface area contributed by atoms with Gasteiger partial charge in [0.15, 0.2) is 0 Å². The molecule has 0 aromatic carbocycles. The summed E-state index contributed by atoms with van der Waals surface area (Å²) < 4.78 is 0. The molecular weight excluding hydrogens is 282 g/mol. The van der Waals surface area contributed by atoms with Crippen LogP contribution in [0, 0.1) is 11.3 Å². The SMILES string of the molecule is CC(C)N1CCN(CCNCC(=O)N2CCC[C@@H]2C#N)C1=O. The molecule has 0 aromatic rings. The van der Waals surface area contributed by atoms with Crippen LogP contribution >= 0.6 is 0 Å². The van der Waals surface area contributed by atoms with Gasteiger partial charge in [0.1, 0.15) is 6.04 Å². The zero-order valence-electron chi connectivity index (χ0n) is 13.4. The van der Waals surface area contributed by atoms with Crippen molar-refractivity contribution in [1.82, 2.24) is 20.0 Å². The first-order valence-corrected chi connectivity index (χ1v) is 8.00. The van der Waals surface area contributed by atoms with Crippen molar-refractivity contribution in [1.29, 1.82) is 5.26 Å². The number of nitriles is 1. The molecule has 0 spiro atoms. The Morgan fingerprint density at radius 2 is 2.18 bits per heavy atom. The van der Waals surface area contributed by atoms with E-state index in [-0.39, 0.29) is 30.6 Å². The van der Waals surface area contributed by atoms with E-state index in [0.717, 1.165) is 25.9 Å². The van der Waals surface area contributed by atoms with Gasteiger partial charge in [-0.3, -0.25) is 4.79 Å². The molecule has 122 valence electrons. The number of likely N-dealkylation sites (tertiary alicyclic amines) is 1. The number of nitrogens with one attached hydrogen (secondary N) is 1. The normalized spacial score (nSPS) is 21.8. The predicted molar refractivity (Wildman–Crippen MR) is 82.0 cm³/mol. The van der Waals surface area contributed by atoms with E-state index >= 15 is 0 Å². The summed E-state index contributed by atoms with van der Waals surface area (Å²) in [6, 6.07) is 2.20. The topological polar surface area (TPSA) is 79.7 Å². The maximum atomic E-state index is 12.1. The molecule has 0 radical (unpaired) electrons. The molecular formula is C15H25N5O2. The highest BCUT2D eigenvalue weighted by atomic mass is 16.2. The molecule has 2 aliphatic rings. The van der Waals surface area contributed by atoms with E-state index in [1.54, 1.807) is 4.90 Å². The van der Waals surface area contributed by atoms with E-state index in [1.807, 2.05) is 23.6 Å². The largest absolute Gasteiger partial charge is 0.326 e. The number of amides is 3. The second kappa shape index (κ2) is 7.45. The molecule has 7 nitrogen and oxygen atoms in total. The highest BCUT2D eigenvalue weighted by molar-refractivity contribution is 5.79. The monoisotopic (exact) mass is 307 g/mol. The lowest BCUT2D eigenvalue weighted by Crippen LogP contribution is -2.43. The summed E-state index contributed by atoms with van der Waals surface area (Å²) in [7, 11) is 0. The third-order valence-electron chi connectivity index (χ3n) is 4.31. The molecule has 1 N–H and O–H groups in total. The second-order valence-electron chi connectivity index (χ2n) is 6.11. The number of nitrogens with zero attached hydrogens (tertiary/aromatic N) is 4. The lowest BCUT2D eigenvalue weighted by atomic mass is 10.2. The minimum absolute atomic E-state index is 0.0272.